The van der Waals surface area contributed by atoms with Crippen LogP contribution in [-0.2, 0) is 5.41 Å². The largest absolute Gasteiger partial charge is 0.370 e. The van der Waals surface area contributed by atoms with Crippen molar-refractivity contribution in [3.8, 4) is 0 Å². The Bertz CT molecular complexity index is 480. The van der Waals surface area contributed by atoms with Gasteiger partial charge in [0.05, 0.1) is 0 Å². The van der Waals surface area contributed by atoms with Gasteiger partial charge >= 0.3 is 0 Å². The number of para-hydroxylation sites is 1. The molecule has 1 aliphatic heterocycles. The van der Waals surface area contributed by atoms with Gasteiger partial charge in [0.15, 0.2) is 0 Å². The Morgan fingerprint density at radius 3 is 2.43 bits per heavy atom. The number of hydrogen-bond acceptors (Lipinski definition) is 1. The maximum Gasteiger partial charge on any atom is 0.0405 e. The molecular formula is C20H29N. The molecule has 0 radical (unpaired) electrons. The zero-order valence-electron chi connectivity index (χ0n) is 13.3. The van der Waals surface area contributed by atoms with E-state index in [2.05, 4.69) is 29.2 Å². The second-order valence-corrected chi connectivity index (χ2v) is 7.74. The highest BCUT2D eigenvalue weighted by molar-refractivity contribution is 5.62. The predicted molar refractivity (Wildman–Crippen MR) is 90.0 cm³/mol. The molecule has 4 rings (SSSR count). The smallest absolute Gasteiger partial charge is 0.0405 e. The van der Waals surface area contributed by atoms with Crippen LogP contribution in [-0.4, -0.2) is 13.1 Å². The van der Waals surface area contributed by atoms with Gasteiger partial charge in [0.25, 0.3) is 0 Å². The lowest BCUT2D eigenvalue weighted by molar-refractivity contribution is 0.300. The Kier molecular flexibility index (Phi) is 3.69. The lowest BCUT2D eigenvalue weighted by Crippen LogP contribution is -2.37. The summed E-state index contributed by atoms with van der Waals surface area (Å²) in [6, 6.07) is 9.33. The van der Waals surface area contributed by atoms with Gasteiger partial charge in [0.1, 0.15) is 0 Å². The van der Waals surface area contributed by atoms with E-state index in [4.69, 9.17) is 0 Å². The second kappa shape index (κ2) is 5.66. The molecule has 2 aliphatic carbocycles. The quantitative estimate of drug-likeness (QED) is 0.713. The SMILES string of the molecule is c1ccc2c(c1)N(CC1CCCCC1)CC21CCCCC1. The third kappa shape index (κ3) is 2.49. The van der Waals surface area contributed by atoms with Crippen LogP contribution in [0.15, 0.2) is 24.3 Å². The van der Waals surface area contributed by atoms with Crippen LogP contribution in [0.3, 0.4) is 0 Å². The van der Waals surface area contributed by atoms with Gasteiger partial charge in [-0.3, -0.25) is 0 Å². The minimum Gasteiger partial charge on any atom is -0.370 e. The predicted octanol–water partition coefficient (Wildman–Crippen LogP) is 5.29. The summed E-state index contributed by atoms with van der Waals surface area (Å²) in [6.07, 6.45) is 14.5. The summed E-state index contributed by atoms with van der Waals surface area (Å²) in [4.78, 5) is 2.76. The lowest BCUT2D eigenvalue weighted by atomic mass is 9.71. The van der Waals surface area contributed by atoms with E-state index in [1.807, 2.05) is 0 Å². The molecular weight excluding hydrogens is 254 g/mol. The molecule has 1 aromatic rings. The Hall–Kier alpha value is -0.980. The van der Waals surface area contributed by atoms with E-state index in [1.165, 1.54) is 77.3 Å². The first-order chi connectivity index (χ1) is 10.4. The first-order valence-electron chi connectivity index (χ1n) is 9.22. The van der Waals surface area contributed by atoms with E-state index in [0.717, 1.165) is 5.92 Å². The van der Waals surface area contributed by atoms with Crippen LogP contribution in [0.1, 0.15) is 69.8 Å². The fourth-order valence-electron chi connectivity index (χ4n) is 5.23. The van der Waals surface area contributed by atoms with Crippen molar-refractivity contribution in [3.05, 3.63) is 29.8 Å². The highest BCUT2D eigenvalue weighted by atomic mass is 15.2. The van der Waals surface area contributed by atoms with E-state index in [-0.39, 0.29) is 0 Å². The third-order valence-corrected chi connectivity index (χ3v) is 6.32. The van der Waals surface area contributed by atoms with Crippen molar-refractivity contribution in [2.24, 2.45) is 5.92 Å². The molecule has 1 heteroatoms. The van der Waals surface area contributed by atoms with Crippen LogP contribution in [0.25, 0.3) is 0 Å². The van der Waals surface area contributed by atoms with Crippen LogP contribution >= 0.6 is 0 Å². The number of fused-ring (bicyclic) bond motifs is 2. The molecule has 1 aromatic carbocycles. The Morgan fingerprint density at radius 2 is 1.62 bits per heavy atom. The molecule has 1 nitrogen and oxygen atoms in total. The Labute approximate surface area is 129 Å². The first kappa shape index (κ1) is 13.7. The van der Waals surface area contributed by atoms with Crippen molar-refractivity contribution in [2.75, 3.05) is 18.0 Å². The van der Waals surface area contributed by atoms with Gasteiger partial charge in [0, 0.05) is 24.2 Å². The van der Waals surface area contributed by atoms with Crippen molar-refractivity contribution >= 4 is 5.69 Å². The number of benzene rings is 1. The summed E-state index contributed by atoms with van der Waals surface area (Å²) in [6.45, 7) is 2.63. The highest BCUT2D eigenvalue weighted by Crippen LogP contribution is 2.49. The molecule has 2 saturated carbocycles. The van der Waals surface area contributed by atoms with Crippen LogP contribution in [0.2, 0.25) is 0 Å². The average molecular weight is 283 g/mol. The third-order valence-electron chi connectivity index (χ3n) is 6.32. The molecule has 3 aliphatic rings. The normalized spacial score (nSPS) is 25.2. The minimum atomic E-state index is 0.503. The molecule has 0 amide bonds. The van der Waals surface area contributed by atoms with E-state index < -0.39 is 0 Å². The number of hydrogen-bond donors (Lipinski definition) is 0. The monoisotopic (exact) mass is 283 g/mol. The summed E-state index contributed by atoms with van der Waals surface area (Å²) < 4.78 is 0. The molecule has 114 valence electrons. The molecule has 21 heavy (non-hydrogen) atoms. The van der Waals surface area contributed by atoms with Crippen LogP contribution < -0.4 is 4.90 Å². The van der Waals surface area contributed by atoms with Gasteiger partial charge in [-0.15, -0.1) is 0 Å². The van der Waals surface area contributed by atoms with Gasteiger partial charge in [-0.05, 0) is 43.2 Å². The number of anilines is 1. The molecule has 2 fully saturated rings. The molecule has 1 spiro atoms. The molecule has 0 bridgehead atoms. The topological polar surface area (TPSA) is 3.24 Å². The number of rotatable bonds is 2. The zero-order valence-corrected chi connectivity index (χ0v) is 13.3. The maximum absolute atomic E-state index is 2.76. The van der Waals surface area contributed by atoms with Crippen molar-refractivity contribution in [2.45, 2.75) is 69.6 Å². The zero-order chi connectivity index (χ0) is 14.1. The fraction of sp³-hybridized carbons (Fsp3) is 0.700. The summed E-state index contributed by atoms with van der Waals surface area (Å²) in [5.41, 5.74) is 3.76. The van der Waals surface area contributed by atoms with E-state index in [1.54, 1.807) is 11.3 Å². The van der Waals surface area contributed by atoms with Gasteiger partial charge < -0.3 is 4.90 Å². The van der Waals surface area contributed by atoms with Crippen molar-refractivity contribution in [1.29, 1.82) is 0 Å². The minimum absolute atomic E-state index is 0.503. The van der Waals surface area contributed by atoms with Crippen molar-refractivity contribution in [3.63, 3.8) is 0 Å². The van der Waals surface area contributed by atoms with Crippen molar-refractivity contribution in [1.82, 2.24) is 0 Å². The standard InChI is InChI=1S/C20H29N/c1-3-9-17(10-4-1)15-21-16-20(13-7-2-8-14-20)18-11-5-6-12-19(18)21/h5-6,11-12,17H,1-4,7-10,13-16H2. The van der Waals surface area contributed by atoms with Crippen LogP contribution in [0.5, 0.6) is 0 Å². The number of nitrogens with zero attached hydrogens (tertiary/aromatic N) is 1. The van der Waals surface area contributed by atoms with E-state index >= 15 is 0 Å². The molecule has 0 unspecified atom stereocenters. The average Bonchev–Trinajstić information content (AvgIpc) is 2.83. The molecule has 0 atom stereocenters. The summed E-state index contributed by atoms with van der Waals surface area (Å²) in [7, 11) is 0. The summed E-state index contributed by atoms with van der Waals surface area (Å²) in [5.74, 6) is 0.950. The first-order valence-corrected chi connectivity index (χ1v) is 9.22. The van der Waals surface area contributed by atoms with Gasteiger partial charge in [0.2, 0.25) is 0 Å². The molecule has 1 heterocycles. The molecule has 0 aromatic heterocycles. The summed E-state index contributed by atoms with van der Waals surface area (Å²) in [5, 5.41) is 0. The van der Waals surface area contributed by atoms with Crippen LogP contribution in [0.4, 0.5) is 5.69 Å². The fourth-order valence-corrected chi connectivity index (χ4v) is 5.23. The molecule has 0 N–H and O–H groups in total. The maximum atomic E-state index is 2.76. The highest BCUT2D eigenvalue weighted by Gasteiger charge is 2.43. The van der Waals surface area contributed by atoms with Crippen LogP contribution in [0, 0.1) is 5.92 Å². The second-order valence-electron chi connectivity index (χ2n) is 7.74. The Balaban J connectivity index is 1.58. The van der Waals surface area contributed by atoms with Gasteiger partial charge in [-0.25, -0.2) is 0 Å². The van der Waals surface area contributed by atoms with Gasteiger partial charge in [-0.1, -0.05) is 56.7 Å². The molecule has 0 saturated heterocycles. The van der Waals surface area contributed by atoms with E-state index in [0.29, 0.717) is 5.41 Å². The van der Waals surface area contributed by atoms with Gasteiger partial charge in [-0.2, -0.15) is 0 Å². The Morgan fingerprint density at radius 1 is 0.905 bits per heavy atom. The lowest BCUT2D eigenvalue weighted by Gasteiger charge is -2.35. The van der Waals surface area contributed by atoms with E-state index in [9.17, 15) is 0 Å². The summed E-state index contributed by atoms with van der Waals surface area (Å²) >= 11 is 0. The van der Waals surface area contributed by atoms with Crippen molar-refractivity contribution < 1.29 is 0 Å².